The number of methoxy groups -OCH3 is 1. The molecule has 1 N–H and O–H groups in total. The zero-order valence-corrected chi connectivity index (χ0v) is 16.6. The van der Waals surface area contributed by atoms with Gasteiger partial charge < -0.3 is 10.1 Å². The molecular weight excluding hydrogens is 358 g/mol. The molecule has 1 amide bonds. The summed E-state index contributed by atoms with van der Waals surface area (Å²) in [4.78, 5) is 25.1. The molecule has 1 aromatic heterocycles. The molecule has 3 rings (SSSR count). The Labute approximate surface area is 162 Å². The quantitative estimate of drug-likeness (QED) is 0.619. The highest BCUT2D eigenvalue weighted by Crippen LogP contribution is 2.38. The Morgan fingerprint density at radius 1 is 0.963 bits per heavy atom. The maximum atomic E-state index is 12.6. The molecule has 4 nitrogen and oxygen atoms in total. The zero-order valence-electron chi connectivity index (χ0n) is 15.8. The second-order valence-electron chi connectivity index (χ2n) is 6.49. The van der Waals surface area contributed by atoms with E-state index in [-0.39, 0.29) is 5.91 Å². The van der Waals surface area contributed by atoms with Crippen LogP contribution in [-0.2, 0) is 4.74 Å². The third-order valence-electron chi connectivity index (χ3n) is 4.37. The number of benzene rings is 2. The molecule has 0 aliphatic carbocycles. The smallest absolute Gasteiger partial charge is 0.341 e. The van der Waals surface area contributed by atoms with Crippen LogP contribution in [0, 0.1) is 20.8 Å². The van der Waals surface area contributed by atoms with E-state index in [0.717, 1.165) is 27.8 Å². The zero-order chi connectivity index (χ0) is 19.6. The number of hydrogen-bond acceptors (Lipinski definition) is 4. The van der Waals surface area contributed by atoms with Gasteiger partial charge in [0.15, 0.2) is 0 Å². The fourth-order valence-electron chi connectivity index (χ4n) is 2.94. The number of amides is 1. The Balaban J connectivity index is 2.04. The van der Waals surface area contributed by atoms with Crippen LogP contribution in [0.25, 0.3) is 11.1 Å². The Hall–Kier alpha value is -2.92. The van der Waals surface area contributed by atoms with Gasteiger partial charge >= 0.3 is 5.97 Å². The topological polar surface area (TPSA) is 55.4 Å². The number of ether oxygens (including phenoxy) is 1. The molecule has 0 fully saturated rings. The molecule has 5 heteroatoms. The van der Waals surface area contributed by atoms with Gasteiger partial charge in [-0.3, -0.25) is 4.79 Å². The van der Waals surface area contributed by atoms with Gasteiger partial charge in [-0.1, -0.05) is 41.5 Å². The summed E-state index contributed by atoms with van der Waals surface area (Å²) in [7, 11) is 1.35. The molecule has 0 saturated heterocycles. The van der Waals surface area contributed by atoms with Crippen molar-refractivity contribution in [2.75, 3.05) is 12.4 Å². The van der Waals surface area contributed by atoms with Crippen molar-refractivity contribution >= 4 is 28.2 Å². The summed E-state index contributed by atoms with van der Waals surface area (Å²) in [5, 5.41) is 5.25. The van der Waals surface area contributed by atoms with Gasteiger partial charge in [0.25, 0.3) is 5.91 Å². The third kappa shape index (κ3) is 3.93. The van der Waals surface area contributed by atoms with Crippen LogP contribution in [0.3, 0.4) is 0 Å². The van der Waals surface area contributed by atoms with E-state index in [2.05, 4.69) is 5.32 Å². The minimum Gasteiger partial charge on any atom is -0.465 e. The van der Waals surface area contributed by atoms with Gasteiger partial charge in [0.1, 0.15) is 10.6 Å². The van der Waals surface area contributed by atoms with Crippen molar-refractivity contribution < 1.29 is 14.3 Å². The van der Waals surface area contributed by atoms with E-state index >= 15 is 0 Å². The van der Waals surface area contributed by atoms with Crippen LogP contribution in [-0.4, -0.2) is 19.0 Å². The van der Waals surface area contributed by atoms with Crippen LogP contribution < -0.4 is 5.32 Å². The molecule has 0 bridgehead atoms. The number of carbonyl (C=O) groups is 2. The van der Waals surface area contributed by atoms with E-state index in [1.165, 1.54) is 18.4 Å². The van der Waals surface area contributed by atoms with Crippen LogP contribution >= 0.6 is 11.3 Å². The highest BCUT2D eigenvalue weighted by Gasteiger charge is 2.23. The van der Waals surface area contributed by atoms with Crippen LogP contribution in [0.15, 0.2) is 47.8 Å². The second kappa shape index (κ2) is 7.76. The number of esters is 1. The highest BCUT2D eigenvalue weighted by molar-refractivity contribution is 7.15. The maximum absolute atomic E-state index is 12.6. The molecule has 1 heterocycles. The van der Waals surface area contributed by atoms with Gasteiger partial charge in [-0.05, 0) is 44.0 Å². The first kappa shape index (κ1) is 18.9. The minimum atomic E-state index is -0.466. The van der Waals surface area contributed by atoms with Crippen LogP contribution in [0.4, 0.5) is 5.00 Å². The number of thiophene rings is 1. The average Bonchev–Trinajstić information content (AvgIpc) is 3.06. The normalized spacial score (nSPS) is 10.5. The molecule has 2 aromatic carbocycles. The van der Waals surface area contributed by atoms with Gasteiger partial charge in [-0.2, -0.15) is 0 Å². The van der Waals surface area contributed by atoms with Crippen LogP contribution in [0.5, 0.6) is 0 Å². The first-order valence-corrected chi connectivity index (χ1v) is 9.44. The lowest BCUT2D eigenvalue weighted by molar-refractivity contribution is 0.0603. The summed E-state index contributed by atoms with van der Waals surface area (Å²) in [6, 6.07) is 13.4. The molecule has 0 aliphatic heterocycles. The Bertz CT molecular complexity index is 1020. The summed E-state index contributed by atoms with van der Waals surface area (Å²) in [5.41, 5.74) is 5.82. The lowest BCUT2D eigenvalue weighted by Crippen LogP contribution is -2.14. The lowest BCUT2D eigenvalue weighted by atomic mass is 9.97. The van der Waals surface area contributed by atoms with Gasteiger partial charge in [0, 0.05) is 16.5 Å². The number of rotatable bonds is 4. The number of aryl methyl sites for hydroxylation is 3. The van der Waals surface area contributed by atoms with Gasteiger partial charge in [0.05, 0.1) is 7.11 Å². The minimum absolute atomic E-state index is 0.252. The van der Waals surface area contributed by atoms with E-state index < -0.39 is 5.97 Å². The van der Waals surface area contributed by atoms with E-state index in [1.807, 2.05) is 62.5 Å². The molecule has 27 heavy (non-hydrogen) atoms. The molecule has 0 saturated carbocycles. The number of carbonyl (C=O) groups excluding carboxylic acids is 2. The summed E-state index contributed by atoms with van der Waals surface area (Å²) in [5.74, 6) is -0.718. The van der Waals surface area contributed by atoms with Crippen LogP contribution in [0.2, 0.25) is 0 Å². The molecule has 3 aromatic rings. The summed E-state index contributed by atoms with van der Waals surface area (Å²) in [6.07, 6.45) is 0. The van der Waals surface area contributed by atoms with E-state index in [1.54, 1.807) is 6.07 Å². The first-order chi connectivity index (χ1) is 12.9. The molecule has 0 aliphatic rings. The van der Waals surface area contributed by atoms with E-state index in [9.17, 15) is 9.59 Å². The second-order valence-corrected chi connectivity index (χ2v) is 7.37. The Morgan fingerprint density at radius 3 is 2.41 bits per heavy atom. The number of hydrogen-bond donors (Lipinski definition) is 1. The number of anilines is 1. The van der Waals surface area contributed by atoms with E-state index in [4.69, 9.17) is 4.74 Å². The third-order valence-corrected chi connectivity index (χ3v) is 5.27. The van der Waals surface area contributed by atoms with Gasteiger partial charge in [-0.25, -0.2) is 4.79 Å². The van der Waals surface area contributed by atoms with Crippen molar-refractivity contribution in [1.29, 1.82) is 0 Å². The van der Waals surface area contributed by atoms with Crippen molar-refractivity contribution in [1.82, 2.24) is 0 Å². The summed E-state index contributed by atoms with van der Waals surface area (Å²) >= 11 is 1.32. The molecule has 138 valence electrons. The molecule has 0 unspecified atom stereocenters. The Kier molecular flexibility index (Phi) is 5.42. The first-order valence-electron chi connectivity index (χ1n) is 8.56. The number of nitrogens with one attached hydrogen (secondary N) is 1. The maximum Gasteiger partial charge on any atom is 0.341 e. The van der Waals surface area contributed by atoms with Gasteiger partial charge in [-0.15, -0.1) is 11.3 Å². The predicted molar refractivity (Wildman–Crippen MR) is 110 cm³/mol. The Morgan fingerprint density at radius 2 is 1.70 bits per heavy atom. The summed E-state index contributed by atoms with van der Waals surface area (Å²) in [6.45, 7) is 5.94. The van der Waals surface area contributed by atoms with Crippen molar-refractivity contribution in [3.8, 4) is 11.1 Å². The lowest BCUT2D eigenvalue weighted by Gasteiger charge is -2.10. The molecular formula is C22H21NO3S. The van der Waals surface area contributed by atoms with Crippen molar-refractivity contribution in [3.05, 3.63) is 75.7 Å². The van der Waals surface area contributed by atoms with Crippen LogP contribution in [0.1, 0.15) is 37.4 Å². The molecule has 0 atom stereocenters. The monoisotopic (exact) mass is 379 g/mol. The SMILES string of the molecule is COC(=O)c1c(-c2cc(C)ccc2C)csc1NC(=O)c1cccc(C)c1. The fraction of sp³-hybridized carbons (Fsp3) is 0.182. The van der Waals surface area contributed by atoms with Crippen molar-refractivity contribution in [2.45, 2.75) is 20.8 Å². The van der Waals surface area contributed by atoms with Crippen molar-refractivity contribution in [3.63, 3.8) is 0 Å². The van der Waals surface area contributed by atoms with Crippen molar-refractivity contribution in [2.24, 2.45) is 0 Å². The van der Waals surface area contributed by atoms with Gasteiger partial charge in [0.2, 0.25) is 0 Å². The summed E-state index contributed by atoms with van der Waals surface area (Å²) < 4.78 is 4.99. The average molecular weight is 379 g/mol. The van der Waals surface area contributed by atoms with E-state index in [0.29, 0.717) is 16.1 Å². The fourth-order valence-corrected chi connectivity index (χ4v) is 3.88. The predicted octanol–water partition coefficient (Wildman–Crippen LogP) is 5.38. The highest BCUT2D eigenvalue weighted by atomic mass is 32.1. The molecule has 0 spiro atoms. The standard InChI is InChI=1S/C22H21NO3S/c1-13-6-5-7-16(10-13)20(24)23-21-19(22(25)26-4)18(12-27-21)17-11-14(2)8-9-15(17)3/h5-12H,1-4H3,(H,23,24). The largest absolute Gasteiger partial charge is 0.465 e. The molecule has 0 radical (unpaired) electrons.